The molecule has 199 valence electrons. The first-order valence-electron chi connectivity index (χ1n) is 12.6. The van der Waals surface area contributed by atoms with Gasteiger partial charge in [0.1, 0.15) is 11.5 Å². The first-order valence-corrected chi connectivity index (χ1v) is 13.5. The highest BCUT2D eigenvalue weighted by atomic mass is 32.1. The molecular formula is C30H29N4O4S. The van der Waals surface area contributed by atoms with E-state index in [9.17, 15) is 9.59 Å². The topological polar surface area (TPSA) is 94.9 Å². The van der Waals surface area contributed by atoms with E-state index in [1.807, 2.05) is 66.9 Å². The van der Waals surface area contributed by atoms with Crippen LogP contribution in [0.15, 0.2) is 78.4 Å². The summed E-state index contributed by atoms with van der Waals surface area (Å²) < 4.78 is 12.3. The molecule has 1 aromatic heterocycles. The van der Waals surface area contributed by atoms with Crippen molar-refractivity contribution in [2.75, 3.05) is 20.3 Å². The van der Waals surface area contributed by atoms with Crippen LogP contribution in [0.2, 0.25) is 0 Å². The number of amides is 2. The molecule has 0 saturated heterocycles. The molecule has 0 bridgehead atoms. The number of nitrogens with zero attached hydrogens (tertiary/aromatic N) is 3. The minimum absolute atomic E-state index is 0.0974. The van der Waals surface area contributed by atoms with Crippen molar-refractivity contribution in [2.24, 2.45) is 0 Å². The highest BCUT2D eigenvalue weighted by Gasteiger charge is 2.24. The van der Waals surface area contributed by atoms with Gasteiger partial charge in [-0.1, -0.05) is 36.4 Å². The van der Waals surface area contributed by atoms with Crippen LogP contribution in [-0.4, -0.2) is 48.0 Å². The molecule has 1 unspecified atom stereocenters. The molecule has 1 radical (unpaired) electrons. The summed E-state index contributed by atoms with van der Waals surface area (Å²) in [7, 11) is 1.61. The quantitative estimate of drug-likeness (QED) is 0.292. The number of hydrogen-bond donors (Lipinski definition) is 1. The molecule has 0 spiro atoms. The molecule has 2 heterocycles. The SMILES string of the molecule is COc1ccccc1CN(CC(CC1=C[N]c2ccccc21)NC(=O)COc1ccc2ncsc2c1)C(C)=O. The van der Waals surface area contributed by atoms with Crippen LogP contribution >= 0.6 is 11.3 Å². The number of methoxy groups -OCH3 is 1. The lowest BCUT2D eigenvalue weighted by Gasteiger charge is -2.28. The van der Waals surface area contributed by atoms with Crippen molar-refractivity contribution in [1.29, 1.82) is 0 Å². The molecule has 1 N–H and O–H groups in total. The Bertz CT molecular complexity index is 1520. The van der Waals surface area contributed by atoms with Gasteiger partial charge in [0.2, 0.25) is 5.91 Å². The number of ether oxygens (including phenoxy) is 2. The fraction of sp³-hybridized carbons (Fsp3) is 0.233. The van der Waals surface area contributed by atoms with E-state index in [-0.39, 0.29) is 24.5 Å². The summed E-state index contributed by atoms with van der Waals surface area (Å²) in [5.74, 6) is 0.946. The third-order valence-electron chi connectivity index (χ3n) is 6.55. The molecule has 1 aliphatic rings. The molecule has 3 aromatic carbocycles. The minimum Gasteiger partial charge on any atom is -0.496 e. The number of benzene rings is 3. The van der Waals surface area contributed by atoms with Crippen molar-refractivity contribution in [3.63, 3.8) is 0 Å². The van der Waals surface area contributed by atoms with Crippen molar-refractivity contribution in [3.05, 3.63) is 89.6 Å². The Hall–Kier alpha value is -4.37. The van der Waals surface area contributed by atoms with E-state index in [0.717, 1.165) is 32.6 Å². The van der Waals surface area contributed by atoms with Crippen LogP contribution < -0.4 is 20.1 Å². The Balaban J connectivity index is 1.31. The normalized spacial score (nSPS) is 12.7. The molecular weight excluding hydrogens is 512 g/mol. The van der Waals surface area contributed by atoms with Gasteiger partial charge in [0, 0.05) is 37.3 Å². The molecule has 39 heavy (non-hydrogen) atoms. The van der Waals surface area contributed by atoms with Gasteiger partial charge in [0.05, 0.1) is 34.6 Å². The third-order valence-corrected chi connectivity index (χ3v) is 7.35. The Kier molecular flexibility index (Phi) is 8.07. The van der Waals surface area contributed by atoms with Crippen molar-refractivity contribution in [3.8, 4) is 11.5 Å². The van der Waals surface area contributed by atoms with Crippen LogP contribution in [0.25, 0.3) is 15.8 Å². The molecule has 4 aromatic rings. The zero-order valence-electron chi connectivity index (χ0n) is 21.8. The standard InChI is InChI=1S/C30H29N4O4S/c1-20(35)34(16-21-7-3-6-10-28(21)37-2)17-23(13-22-15-31-26-9-5-4-8-25(22)26)33-30(36)18-38-24-11-12-27-29(14-24)39-19-32-27/h3-12,14-15,19,23H,13,16-18H2,1-2H3,(H,33,36). The number of rotatable bonds is 11. The number of para-hydroxylation sites is 2. The van der Waals surface area contributed by atoms with Crippen LogP contribution in [-0.2, 0) is 16.1 Å². The summed E-state index contributed by atoms with van der Waals surface area (Å²) in [5.41, 5.74) is 6.50. The van der Waals surface area contributed by atoms with E-state index in [1.54, 1.807) is 23.6 Å². The highest BCUT2D eigenvalue weighted by Crippen LogP contribution is 2.33. The summed E-state index contributed by atoms with van der Waals surface area (Å²) >= 11 is 1.52. The van der Waals surface area contributed by atoms with E-state index in [2.05, 4.69) is 15.6 Å². The molecule has 9 heteroatoms. The molecule has 8 nitrogen and oxygen atoms in total. The van der Waals surface area contributed by atoms with Crippen molar-refractivity contribution < 1.29 is 19.1 Å². The largest absolute Gasteiger partial charge is 0.496 e. The number of hydrogen-bond acceptors (Lipinski definition) is 6. The lowest BCUT2D eigenvalue weighted by Crippen LogP contribution is -2.46. The van der Waals surface area contributed by atoms with Crippen LogP contribution in [0, 0.1) is 0 Å². The fourth-order valence-electron chi connectivity index (χ4n) is 4.62. The number of thiazole rings is 1. The lowest BCUT2D eigenvalue weighted by molar-refractivity contribution is -0.131. The van der Waals surface area contributed by atoms with Gasteiger partial charge >= 0.3 is 0 Å². The average molecular weight is 542 g/mol. The van der Waals surface area contributed by atoms with E-state index in [0.29, 0.717) is 31.0 Å². The Morgan fingerprint density at radius 3 is 2.74 bits per heavy atom. The van der Waals surface area contributed by atoms with Gasteiger partial charge in [-0.15, -0.1) is 11.3 Å². The van der Waals surface area contributed by atoms with E-state index in [4.69, 9.17) is 9.47 Å². The summed E-state index contributed by atoms with van der Waals surface area (Å²) in [4.78, 5) is 31.8. The third kappa shape index (κ3) is 6.38. The summed E-state index contributed by atoms with van der Waals surface area (Å²) in [6.45, 7) is 2.06. The van der Waals surface area contributed by atoms with Gasteiger partial charge in [-0.05, 0) is 42.3 Å². The minimum atomic E-state index is -0.365. The highest BCUT2D eigenvalue weighted by molar-refractivity contribution is 7.16. The number of carbonyl (C=O) groups excluding carboxylic acids is 2. The molecule has 1 atom stereocenters. The van der Waals surface area contributed by atoms with Crippen LogP contribution in [0.3, 0.4) is 0 Å². The van der Waals surface area contributed by atoms with Crippen LogP contribution in [0.1, 0.15) is 24.5 Å². The summed E-state index contributed by atoms with van der Waals surface area (Å²) in [6.07, 6.45) is 2.34. The second-order valence-corrected chi connectivity index (χ2v) is 10.1. The molecule has 5 rings (SSSR count). The summed E-state index contributed by atoms with van der Waals surface area (Å²) in [5, 5.41) is 7.61. The second-order valence-electron chi connectivity index (χ2n) is 9.25. The van der Waals surface area contributed by atoms with E-state index < -0.39 is 0 Å². The van der Waals surface area contributed by atoms with Crippen molar-refractivity contribution in [2.45, 2.75) is 25.9 Å². The maximum absolute atomic E-state index is 13.1. The van der Waals surface area contributed by atoms with Crippen molar-refractivity contribution >= 4 is 44.6 Å². The molecule has 0 fully saturated rings. The molecule has 0 aliphatic carbocycles. The Labute approximate surface area is 231 Å². The number of fused-ring (bicyclic) bond motifs is 2. The Morgan fingerprint density at radius 1 is 1.08 bits per heavy atom. The number of nitrogens with one attached hydrogen (secondary N) is 1. The smallest absolute Gasteiger partial charge is 0.258 e. The van der Waals surface area contributed by atoms with Crippen LogP contribution in [0.5, 0.6) is 11.5 Å². The molecule has 1 aliphatic heterocycles. The predicted octanol–water partition coefficient (Wildman–Crippen LogP) is 4.90. The fourth-order valence-corrected chi connectivity index (χ4v) is 5.32. The lowest BCUT2D eigenvalue weighted by atomic mass is 9.99. The van der Waals surface area contributed by atoms with Crippen LogP contribution in [0.4, 0.5) is 5.69 Å². The van der Waals surface area contributed by atoms with Crippen molar-refractivity contribution in [1.82, 2.24) is 20.5 Å². The average Bonchev–Trinajstić information content (AvgIpc) is 3.58. The van der Waals surface area contributed by atoms with Gasteiger partial charge in [-0.25, -0.2) is 4.98 Å². The number of carbonyl (C=O) groups is 2. The monoisotopic (exact) mass is 541 g/mol. The van der Waals surface area contributed by atoms with E-state index >= 15 is 0 Å². The first kappa shape index (κ1) is 26.2. The van der Waals surface area contributed by atoms with Gasteiger partial charge in [0.25, 0.3) is 5.91 Å². The van der Waals surface area contributed by atoms with Gasteiger partial charge < -0.3 is 19.7 Å². The maximum atomic E-state index is 13.1. The Morgan fingerprint density at radius 2 is 1.90 bits per heavy atom. The van der Waals surface area contributed by atoms with Gasteiger partial charge in [-0.3, -0.25) is 14.9 Å². The summed E-state index contributed by atoms with van der Waals surface area (Å²) in [6, 6.07) is 20.7. The zero-order chi connectivity index (χ0) is 27.2. The van der Waals surface area contributed by atoms with Gasteiger partial charge in [-0.2, -0.15) is 0 Å². The number of aromatic nitrogens is 1. The van der Waals surface area contributed by atoms with E-state index in [1.165, 1.54) is 18.3 Å². The van der Waals surface area contributed by atoms with Gasteiger partial charge in [0.15, 0.2) is 6.61 Å². The zero-order valence-corrected chi connectivity index (χ0v) is 22.6. The maximum Gasteiger partial charge on any atom is 0.258 e. The first-order chi connectivity index (χ1) is 19.0. The molecule has 2 amide bonds. The second kappa shape index (κ2) is 12.0. The molecule has 0 saturated carbocycles. The predicted molar refractivity (Wildman–Crippen MR) is 152 cm³/mol.